The number of urea groups is 1. The monoisotopic (exact) mass is 342 g/mol. The second kappa shape index (κ2) is 7.77. The van der Waals surface area contributed by atoms with Crippen molar-refractivity contribution >= 4 is 15.9 Å². The number of rotatable bonds is 5. The molecule has 7 heteroatoms. The van der Waals surface area contributed by atoms with Crippen LogP contribution in [0.2, 0.25) is 0 Å². The average molecular weight is 342 g/mol. The Kier molecular flexibility index (Phi) is 5.98. The van der Waals surface area contributed by atoms with Crippen LogP contribution in [0.1, 0.15) is 37.8 Å². The molecule has 0 radical (unpaired) electrons. The van der Waals surface area contributed by atoms with E-state index in [1.807, 2.05) is 0 Å². The number of amides is 2. The maximum Gasteiger partial charge on any atom is 0.317 e. The largest absolute Gasteiger partial charge is 0.337 e. The lowest BCUT2D eigenvalue weighted by Crippen LogP contribution is -2.45. The van der Waals surface area contributed by atoms with Crippen molar-refractivity contribution in [3.8, 4) is 0 Å². The first-order valence-electron chi connectivity index (χ1n) is 7.93. The molecule has 1 unspecified atom stereocenters. The zero-order chi connectivity index (χ0) is 16.9. The fourth-order valence-electron chi connectivity index (χ4n) is 2.77. The summed E-state index contributed by atoms with van der Waals surface area (Å²) in [6.07, 6.45) is 2.75. The Hall–Kier alpha value is -1.63. The summed E-state index contributed by atoms with van der Waals surface area (Å²) in [5.74, 6) is -0.278. The van der Waals surface area contributed by atoms with Crippen LogP contribution in [-0.4, -0.2) is 43.9 Å². The molecule has 2 rings (SSSR count). The maximum absolute atomic E-state index is 13.1. The first kappa shape index (κ1) is 17.7. The van der Waals surface area contributed by atoms with Crippen molar-refractivity contribution in [1.29, 1.82) is 0 Å². The van der Waals surface area contributed by atoms with E-state index in [9.17, 15) is 17.6 Å². The average Bonchev–Trinajstić information content (AvgIpc) is 2.55. The minimum Gasteiger partial charge on any atom is -0.337 e. The topological polar surface area (TPSA) is 66.5 Å². The van der Waals surface area contributed by atoms with Crippen LogP contribution in [0.3, 0.4) is 0 Å². The van der Waals surface area contributed by atoms with Crippen LogP contribution in [0.4, 0.5) is 9.18 Å². The van der Waals surface area contributed by atoms with Gasteiger partial charge in [-0.15, -0.1) is 0 Å². The minimum absolute atomic E-state index is 0.0513. The standard InChI is InChI=1S/C16H23FN2O3S/c1-2-23(21,22)12-10-18-16(20)19-11-4-3-5-15(19)13-6-8-14(17)9-7-13/h6-9,15H,2-5,10-12H2,1H3,(H,18,20). The van der Waals surface area contributed by atoms with E-state index in [0.29, 0.717) is 6.54 Å². The number of carbonyl (C=O) groups excluding carboxylic acids is 1. The molecule has 1 fully saturated rings. The Bertz CT molecular complexity index is 631. The first-order valence-corrected chi connectivity index (χ1v) is 9.75. The summed E-state index contributed by atoms with van der Waals surface area (Å²) >= 11 is 0. The lowest BCUT2D eigenvalue weighted by atomic mass is 9.95. The quantitative estimate of drug-likeness (QED) is 0.894. The van der Waals surface area contributed by atoms with E-state index in [1.165, 1.54) is 12.1 Å². The molecule has 5 nitrogen and oxygen atoms in total. The molecular weight excluding hydrogens is 319 g/mol. The van der Waals surface area contributed by atoms with Gasteiger partial charge in [0.1, 0.15) is 5.82 Å². The minimum atomic E-state index is -3.09. The van der Waals surface area contributed by atoms with Crippen molar-refractivity contribution in [2.75, 3.05) is 24.6 Å². The number of carbonyl (C=O) groups is 1. The van der Waals surface area contributed by atoms with Gasteiger partial charge in [-0.3, -0.25) is 0 Å². The predicted molar refractivity (Wildman–Crippen MR) is 87.4 cm³/mol. The smallest absolute Gasteiger partial charge is 0.317 e. The van der Waals surface area contributed by atoms with Gasteiger partial charge in [-0.05, 0) is 37.0 Å². The molecule has 1 aliphatic rings. The summed E-state index contributed by atoms with van der Waals surface area (Å²) in [6, 6.07) is 5.85. The fourth-order valence-corrected chi connectivity index (χ4v) is 3.47. The first-order chi connectivity index (χ1) is 10.9. The Balaban J connectivity index is 2.00. The van der Waals surface area contributed by atoms with Crippen molar-refractivity contribution in [2.24, 2.45) is 0 Å². The molecule has 0 aliphatic carbocycles. The van der Waals surface area contributed by atoms with Gasteiger partial charge >= 0.3 is 6.03 Å². The second-order valence-corrected chi connectivity index (χ2v) is 8.20. The van der Waals surface area contributed by atoms with Crippen LogP contribution in [0.5, 0.6) is 0 Å². The van der Waals surface area contributed by atoms with E-state index in [0.717, 1.165) is 24.8 Å². The predicted octanol–water partition coefficient (Wildman–Crippen LogP) is 2.50. The zero-order valence-electron chi connectivity index (χ0n) is 13.3. The van der Waals surface area contributed by atoms with E-state index in [2.05, 4.69) is 5.32 Å². The van der Waals surface area contributed by atoms with Crippen LogP contribution in [0, 0.1) is 5.82 Å². The van der Waals surface area contributed by atoms with E-state index >= 15 is 0 Å². The highest BCUT2D eigenvalue weighted by Gasteiger charge is 2.27. The van der Waals surface area contributed by atoms with Gasteiger partial charge in [0, 0.05) is 18.8 Å². The van der Waals surface area contributed by atoms with Gasteiger partial charge in [0.15, 0.2) is 9.84 Å². The Labute approximate surface area is 136 Å². The zero-order valence-corrected chi connectivity index (χ0v) is 14.1. The number of nitrogens with zero attached hydrogens (tertiary/aromatic N) is 1. The highest BCUT2D eigenvalue weighted by atomic mass is 32.2. The Morgan fingerprint density at radius 1 is 1.30 bits per heavy atom. The van der Waals surface area contributed by atoms with Gasteiger partial charge < -0.3 is 10.2 Å². The maximum atomic E-state index is 13.1. The number of sulfone groups is 1. The molecule has 0 spiro atoms. The molecule has 1 saturated heterocycles. The molecule has 1 aliphatic heterocycles. The number of nitrogens with one attached hydrogen (secondary N) is 1. The van der Waals surface area contributed by atoms with Crippen LogP contribution < -0.4 is 5.32 Å². The molecular formula is C16H23FN2O3S. The normalized spacial score (nSPS) is 18.7. The van der Waals surface area contributed by atoms with Gasteiger partial charge in [-0.1, -0.05) is 19.1 Å². The highest BCUT2D eigenvalue weighted by molar-refractivity contribution is 7.91. The molecule has 1 heterocycles. The molecule has 1 aromatic carbocycles. The van der Waals surface area contributed by atoms with Crippen molar-refractivity contribution < 1.29 is 17.6 Å². The van der Waals surface area contributed by atoms with Gasteiger partial charge in [0.2, 0.25) is 0 Å². The molecule has 0 bridgehead atoms. The molecule has 1 atom stereocenters. The lowest BCUT2D eigenvalue weighted by molar-refractivity contribution is 0.152. The number of halogens is 1. The Morgan fingerprint density at radius 3 is 2.65 bits per heavy atom. The molecule has 0 saturated carbocycles. The highest BCUT2D eigenvalue weighted by Crippen LogP contribution is 2.30. The van der Waals surface area contributed by atoms with E-state index in [1.54, 1.807) is 24.0 Å². The number of benzene rings is 1. The molecule has 128 valence electrons. The number of piperidine rings is 1. The number of hydrogen-bond donors (Lipinski definition) is 1. The summed E-state index contributed by atoms with van der Waals surface area (Å²) in [4.78, 5) is 14.1. The molecule has 23 heavy (non-hydrogen) atoms. The van der Waals surface area contributed by atoms with Gasteiger partial charge in [0.05, 0.1) is 11.8 Å². The molecule has 2 amide bonds. The SMILES string of the molecule is CCS(=O)(=O)CCNC(=O)N1CCCCC1c1ccc(F)cc1. The third-order valence-corrected chi connectivity index (χ3v) is 5.85. The van der Waals surface area contributed by atoms with Crippen molar-refractivity contribution in [1.82, 2.24) is 10.2 Å². The summed E-state index contributed by atoms with van der Waals surface area (Å²) in [5.41, 5.74) is 0.905. The van der Waals surface area contributed by atoms with E-state index in [-0.39, 0.29) is 35.9 Å². The van der Waals surface area contributed by atoms with Gasteiger partial charge in [0.25, 0.3) is 0 Å². The Morgan fingerprint density at radius 2 is 2.00 bits per heavy atom. The summed E-state index contributed by atoms with van der Waals surface area (Å²) in [6.45, 7) is 2.32. The van der Waals surface area contributed by atoms with Gasteiger partial charge in [-0.2, -0.15) is 0 Å². The molecule has 1 N–H and O–H groups in total. The summed E-state index contributed by atoms with van der Waals surface area (Å²) in [5, 5.41) is 2.69. The van der Waals surface area contributed by atoms with Crippen LogP contribution >= 0.6 is 0 Å². The van der Waals surface area contributed by atoms with Crippen molar-refractivity contribution in [2.45, 2.75) is 32.2 Å². The lowest BCUT2D eigenvalue weighted by Gasteiger charge is -2.36. The van der Waals surface area contributed by atoms with Crippen LogP contribution in [0.15, 0.2) is 24.3 Å². The van der Waals surface area contributed by atoms with Crippen molar-refractivity contribution in [3.05, 3.63) is 35.6 Å². The summed E-state index contributed by atoms with van der Waals surface area (Å²) in [7, 11) is -3.09. The second-order valence-electron chi connectivity index (χ2n) is 5.72. The van der Waals surface area contributed by atoms with Crippen molar-refractivity contribution in [3.63, 3.8) is 0 Å². The summed E-state index contributed by atoms with van der Waals surface area (Å²) < 4.78 is 36.0. The van der Waals surface area contributed by atoms with E-state index < -0.39 is 9.84 Å². The fraction of sp³-hybridized carbons (Fsp3) is 0.562. The number of likely N-dealkylation sites (tertiary alicyclic amines) is 1. The third kappa shape index (κ3) is 4.92. The third-order valence-electron chi connectivity index (χ3n) is 4.15. The van der Waals surface area contributed by atoms with Gasteiger partial charge in [-0.25, -0.2) is 17.6 Å². The van der Waals surface area contributed by atoms with Crippen LogP contribution in [-0.2, 0) is 9.84 Å². The van der Waals surface area contributed by atoms with Crippen LogP contribution in [0.25, 0.3) is 0 Å². The number of hydrogen-bond acceptors (Lipinski definition) is 3. The molecule has 0 aromatic heterocycles. The molecule has 1 aromatic rings. The van der Waals surface area contributed by atoms with E-state index in [4.69, 9.17) is 0 Å².